The highest BCUT2D eigenvalue weighted by atomic mass is 15.0. The summed E-state index contributed by atoms with van der Waals surface area (Å²) in [5.74, 6) is 0.972. The molecule has 0 atom stereocenters. The summed E-state index contributed by atoms with van der Waals surface area (Å²) in [4.78, 5) is 13.1. The van der Waals surface area contributed by atoms with Crippen molar-refractivity contribution in [3.05, 3.63) is 53.2 Å². The second kappa shape index (κ2) is 5.74. The number of nitrogens with one attached hydrogen (secondary N) is 2. The molecule has 0 aliphatic carbocycles. The zero-order chi connectivity index (χ0) is 14.8. The summed E-state index contributed by atoms with van der Waals surface area (Å²) < 4.78 is 0. The van der Waals surface area contributed by atoms with E-state index in [0.717, 1.165) is 30.9 Å². The molecule has 2 N–H and O–H groups in total. The highest BCUT2D eigenvalue weighted by Gasteiger charge is 2.06. The maximum atomic E-state index is 4.26. The number of aromatic nitrogens is 3. The van der Waals surface area contributed by atoms with E-state index in [1.807, 2.05) is 13.1 Å². The molecule has 0 fully saturated rings. The summed E-state index contributed by atoms with van der Waals surface area (Å²) in [5.41, 5.74) is 5.09. The van der Waals surface area contributed by atoms with E-state index in [2.05, 4.69) is 58.3 Å². The van der Waals surface area contributed by atoms with E-state index < -0.39 is 0 Å². The Balaban J connectivity index is 1.85. The lowest BCUT2D eigenvalue weighted by molar-refractivity contribution is 0.414. The van der Waals surface area contributed by atoms with Gasteiger partial charge in [0.05, 0.1) is 0 Å². The van der Waals surface area contributed by atoms with E-state index in [-0.39, 0.29) is 0 Å². The number of H-pyrrole nitrogens is 2. The SMILES string of the molecule is Cc1ncc(Cc2ccc3[nH]cc(CCN(C)C)c3c2)[nH]1. The average molecular weight is 282 g/mol. The van der Waals surface area contributed by atoms with Crippen LogP contribution in [0.15, 0.2) is 30.6 Å². The number of likely N-dealkylation sites (N-methyl/N-ethyl adjacent to an activating group) is 1. The van der Waals surface area contributed by atoms with Gasteiger partial charge in [-0.05, 0) is 50.7 Å². The van der Waals surface area contributed by atoms with Crippen LogP contribution >= 0.6 is 0 Å². The van der Waals surface area contributed by atoms with E-state index in [1.165, 1.54) is 22.0 Å². The molecule has 0 amide bonds. The van der Waals surface area contributed by atoms with Gasteiger partial charge in [0.1, 0.15) is 5.82 Å². The smallest absolute Gasteiger partial charge is 0.103 e. The molecule has 110 valence electrons. The maximum absolute atomic E-state index is 4.26. The Hall–Kier alpha value is -2.07. The fourth-order valence-corrected chi connectivity index (χ4v) is 2.67. The van der Waals surface area contributed by atoms with Crippen molar-refractivity contribution in [2.45, 2.75) is 19.8 Å². The number of benzene rings is 1. The van der Waals surface area contributed by atoms with E-state index in [0.29, 0.717) is 0 Å². The lowest BCUT2D eigenvalue weighted by atomic mass is 10.0. The number of aryl methyl sites for hydroxylation is 1. The molecule has 0 saturated heterocycles. The van der Waals surface area contributed by atoms with Crippen molar-refractivity contribution in [1.82, 2.24) is 19.9 Å². The molecule has 0 saturated carbocycles. The standard InChI is InChI=1S/C17H22N4/c1-12-18-11-15(20-12)8-13-4-5-17-16(9-13)14(10-19-17)6-7-21(2)3/h4-5,9-11,19H,6-8H2,1-3H3,(H,18,20). The minimum Gasteiger partial charge on any atom is -0.361 e. The molecule has 0 spiro atoms. The monoisotopic (exact) mass is 282 g/mol. The molecule has 4 nitrogen and oxygen atoms in total. The minimum absolute atomic E-state index is 0.898. The lowest BCUT2D eigenvalue weighted by Crippen LogP contribution is -2.14. The minimum atomic E-state index is 0.898. The van der Waals surface area contributed by atoms with E-state index in [1.54, 1.807) is 0 Å². The zero-order valence-corrected chi connectivity index (χ0v) is 12.9. The predicted octanol–water partition coefficient (Wildman–Crippen LogP) is 2.89. The summed E-state index contributed by atoms with van der Waals surface area (Å²) in [6.45, 7) is 3.05. The predicted molar refractivity (Wildman–Crippen MR) is 86.7 cm³/mol. The average Bonchev–Trinajstić information content (AvgIpc) is 3.03. The molecule has 0 radical (unpaired) electrons. The van der Waals surface area contributed by atoms with E-state index in [4.69, 9.17) is 0 Å². The fraction of sp³-hybridized carbons (Fsp3) is 0.353. The number of aromatic amines is 2. The highest BCUT2D eigenvalue weighted by Crippen LogP contribution is 2.21. The molecule has 0 unspecified atom stereocenters. The normalized spacial score (nSPS) is 11.6. The van der Waals surface area contributed by atoms with Gasteiger partial charge in [0, 0.05) is 42.0 Å². The number of rotatable bonds is 5. The first-order valence-corrected chi connectivity index (χ1v) is 7.36. The Morgan fingerprint density at radius 1 is 1.24 bits per heavy atom. The Labute approximate surface area is 125 Å². The van der Waals surface area contributed by atoms with Crippen molar-refractivity contribution in [1.29, 1.82) is 0 Å². The molecule has 3 rings (SSSR count). The van der Waals surface area contributed by atoms with Crippen molar-refractivity contribution in [2.24, 2.45) is 0 Å². The van der Waals surface area contributed by atoms with Crippen LogP contribution in [0.4, 0.5) is 0 Å². The van der Waals surface area contributed by atoms with Crippen LogP contribution < -0.4 is 0 Å². The van der Waals surface area contributed by atoms with Gasteiger partial charge in [-0.1, -0.05) is 6.07 Å². The summed E-state index contributed by atoms with van der Waals surface area (Å²) in [5, 5.41) is 1.34. The van der Waals surface area contributed by atoms with Crippen LogP contribution in [-0.4, -0.2) is 40.5 Å². The van der Waals surface area contributed by atoms with Gasteiger partial charge in [-0.15, -0.1) is 0 Å². The van der Waals surface area contributed by atoms with Gasteiger partial charge in [0.2, 0.25) is 0 Å². The molecule has 2 heterocycles. The van der Waals surface area contributed by atoms with Gasteiger partial charge in [0.15, 0.2) is 0 Å². The van der Waals surface area contributed by atoms with Gasteiger partial charge < -0.3 is 14.9 Å². The topological polar surface area (TPSA) is 47.7 Å². The van der Waals surface area contributed by atoms with Crippen molar-refractivity contribution >= 4 is 10.9 Å². The van der Waals surface area contributed by atoms with E-state index in [9.17, 15) is 0 Å². The third kappa shape index (κ3) is 3.16. The van der Waals surface area contributed by atoms with Crippen molar-refractivity contribution in [2.75, 3.05) is 20.6 Å². The maximum Gasteiger partial charge on any atom is 0.103 e. The molecule has 4 heteroatoms. The number of nitrogens with zero attached hydrogens (tertiary/aromatic N) is 2. The summed E-state index contributed by atoms with van der Waals surface area (Å²) in [6.07, 6.45) is 6.02. The van der Waals surface area contributed by atoms with Gasteiger partial charge in [0.25, 0.3) is 0 Å². The Morgan fingerprint density at radius 3 is 2.81 bits per heavy atom. The van der Waals surface area contributed by atoms with Crippen LogP contribution in [0.25, 0.3) is 10.9 Å². The Kier molecular flexibility index (Phi) is 3.80. The van der Waals surface area contributed by atoms with Gasteiger partial charge in [-0.25, -0.2) is 4.98 Å². The third-order valence-corrected chi connectivity index (χ3v) is 3.81. The summed E-state index contributed by atoms with van der Waals surface area (Å²) in [6, 6.07) is 6.66. The van der Waals surface area contributed by atoms with Crippen molar-refractivity contribution in [3.63, 3.8) is 0 Å². The third-order valence-electron chi connectivity index (χ3n) is 3.81. The molecule has 0 aliphatic heterocycles. The molecule has 0 aliphatic rings. The first-order valence-electron chi connectivity index (χ1n) is 7.36. The number of hydrogen-bond acceptors (Lipinski definition) is 2. The second-order valence-corrected chi connectivity index (χ2v) is 5.92. The van der Waals surface area contributed by atoms with Crippen LogP contribution in [-0.2, 0) is 12.8 Å². The van der Waals surface area contributed by atoms with Crippen LogP contribution in [0.2, 0.25) is 0 Å². The molecule has 1 aromatic carbocycles. The summed E-state index contributed by atoms with van der Waals surface area (Å²) >= 11 is 0. The molecule has 0 bridgehead atoms. The number of fused-ring (bicyclic) bond motifs is 1. The molecule has 21 heavy (non-hydrogen) atoms. The fourth-order valence-electron chi connectivity index (χ4n) is 2.67. The van der Waals surface area contributed by atoms with Crippen molar-refractivity contribution in [3.8, 4) is 0 Å². The van der Waals surface area contributed by atoms with E-state index >= 15 is 0 Å². The molecular weight excluding hydrogens is 260 g/mol. The molecule has 3 aromatic rings. The van der Waals surface area contributed by atoms with Gasteiger partial charge >= 0.3 is 0 Å². The number of hydrogen-bond donors (Lipinski definition) is 2. The van der Waals surface area contributed by atoms with Crippen LogP contribution in [0, 0.1) is 6.92 Å². The van der Waals surface area contributed by atoms with Crippen LogP contribution in [0.3, 0.4) is 0 Å². The quantitative estimate of drug-likeness (QED) is 0.756. The molecular formula is C17H22N4. The second-order valence-electron chi connectivity index (χ2n) is 5.92. The van der Waals surface area contributed by atoms with Crippen LogP contribution in [0.1, 0.15) is 22.6 Å². The largest absolute Gasteiger partial charge is 0.361 e. The summed E-state index contributed by atoms with van der Waals surface area (Å²) in [7, 11) is 4.22. The van der Waals surface area contributed by atoms with Crippen LogP contribution in [0.5, 0.6) is 0 Å². The highest BCUT2D eigenvalue weighted by molar-refractivity contribution is 5.84. The first kappa shape index (κ1) is 13.9. The van der Waals surface area contributed by atoms with Gasteiger partial charge in [-0.2, -0.15) is 0 Å². The Morgan fingerprint density at radius 2 is 2.10 bits per heavy atom. The molecule has 2 aromatic heterocycles. The van der Waals surface area contributed by atoms with Crippen molar-refractivity contribution < 1.29 is 0 Å². The number of imidazole rings is 1. The van der Waals surface area contributed by atoms with Gasteiger partial charge in [-0.3, -0.25) is 0 Å². The first-order chi connectivity index (χ1) is 10.1. The Bertz CT molecular complexity index is 736. The zero-order valence-electron chi connectivity index (χ0n) is 12.9. The lowest BCUT2D eigenvalue weighted by Gasteiger charge is -2.08.